The first-order chi connectivity index (χ1) is 9.93. The van der Waals surface area contributed by atoms with Gasteiger partial charge < -0.3 is 15.5 Å². The van der Waals surface area contributed by atoms with Gasteiger partial charge in [0.05, 0.1) is 4.99 Å². The number of nitrogens with zero attached hydrogens (tertiary/aromatic N) is 2. The Hall–Kier alpha value is -1.17. The van der Waals surface area contributed by atoms with Gasteiger partial charge in [-0.15, -0.1) is 0 Å². The van der Waals surface area contributed by atoms with E-state index in [1.807, 2.05) is 4.90 Å². The van der Waals surface area contributed by atoms with Crippen LogP contribution in [0.3, 0.4) is 0 Å². The Morgan fingerprint density at radius 3 is 2.76 bits per heavy atom. The second-order valence-corrected chi connectivity index (χ2v) is 6.29. The molecule has 6 heteroatoms. The minimum absolute atomic E-state index is 0.0374. The maximum atomic E-state index is 12.0. The van der Waals surface area contributed by atoms with Crippen LogP contribution in [0.2, 0.25) is 0 Å². The van der Waals surface area contributed by atoms with E-state index in [4.69, 9.17) is 18.0 Å². The summed E-state index contributed by atoms with van der Waals surface area (Å²) < 4.78 is 0. The van der Waals surface area contributed by atoms with E-state index in [-0.39, 0.29) is 11.8 Å². The first kappa shape index (κ1) is 17.9. The highest BCUT2D eigenvalue weighted by molar-refractivity contribution is 7.80. The van der Waals surface area contributed by atoms with Crippen molar-refractivity contribution in [3.05, 3.63) is 0 Å². The number of hydrogen-bond acceptors (Lipinski definition) is 3. The third-order valence-corrected chi connectivity index (χ3v) is 4.42. The molecular weight excluding hydrogens is 286 g/mol. The van der Waals surface area contributed by atoms with E-state index < -0.39 is 0 Å². The SMILES string of the molecule is CCC1CCC(=O)N(CCC(=O)N(C)CCC(N)=S)CC1. The summed E-state index contributed by atoms with van der Waals surface area (Å²) in [5.74, 6) is 0.864. The molecule has 120 valence electrons. The fraction of sp³-hybridized carbons (Fsp3) is 0.800. The molecule has 1 atom stereocenters. The average molecular weight is 313 g/mol. The number of carbonyl (C=O) groups is 2. The molecule has 0 aromatic rings. The van der Waals surface area contributed by atoms with Crippen LogP contribution in [0, 0.1) is 5.92 Å². The molecule has 0 spiro atoms. The maximum Gasteiger partial charge on any atom is 0.224 e. The average Bonchev–Trinajstić information content (AvgIpc) is 2.63. The Kier molecular flexibility index (Phi) is 7.64. The molecule has 5 nitrogen and oxygen atoms in total. The fourth-order valence-electron chi connectivity index (χ4n) is 2.56. The zero-order valence-corrected chi connectivity index (χ0v) is 14.0. The van der Waals surface area contributed by atoms with Crippen molar-refractivity contribution in [3.63, 3.8) is 0 Å². The summed E-state index contributed by atoms with van der Waals surface area (Å²) in [7, 11) is 1.75. The number of nitrogens with two attached hydrogens (primary N) is 1. The lowest BCUT2D eigenvalue weighted by Gasteiger charge is -2.22. The highest BCUT2D eigenvalue weighted by Gasteiger charge is 2.22. The summed E-state index contributed by atoms with van der Waals surface area (Å²) in [6.45, 7) is 4.01. The van der Waals surface area contributed by atoms with Crippen LogP contribution in [0.4, 0.5) is 0 Å². The molecule has 2 N–H and O–H groups in total. The predicted molar refractivity (Wildman–Crippen MR) is 87.9 cm³/mol. The summed E-state index contributed by atoms with van der Waals surface area (Å²) in [5, 5.41) is 0. The number of rotatable bonds is 7. The first-order valence-corrected chi connectivity index (χ1v) is 8.14. The normalized spacial score (nSPS) is 19.2. The van der Waals surface area contributed by atoms with Crippen LogP contribution in [0.1, 0.15) is 45.4 Å². The molecule has 2 amide bonds. The lowest BCUT2D eigenvalue weighted by atomic mass is 9.98. The van der Waals surface area contributed by atoms with E-state index in [0.29, 0.717) is 43.3 Å². The van der Waals surface area contributed by atoms with Crippen molar-refractivity contribution in [2.75, 3.05) is 26.7 Å². The van der Waals surface area contributed by atoms with Gasteiger partial charge >= 0.3 is 0 Å². The topological polar surface area (TPSA) is 66.6 Å². The second kappa shape index (κ2) is 8.97. The van der Waals surface area contributed by atoms with Crippen LogP contribution in [-0.2, 0) is 9.59 Å². The Labute approximate surface area is 132 Å². The van der Waals surface area contributed by atoms with Crippen molar-refractivity contribution in [3.8, 4) is 0 Å². The molecule has 0 bridgehead atoms. The third kappa shape index (κ3) is 6.42. The molecule has 0 aliphatic carbocycles. The van der Waals surface area contributed by atoms with Gasteiger partial charge in [0, 0.05) is 45.9 Å². The standard InChI is InChI=1S/C15H27N3O2S/c1-3-12-4-5-15(20)18(10-6-12)11-8-14(19)17(2)9-7-13(16)21/h12H,3-11H2,1-2H3,(H2,16,21). The van der Waals surface area contributed by atoms with Gasteiger partial charge in [-0.2, -0.15) is 0 Å². The van der Waals surface area contributed by atoms with Crippen LogP contribution >= 0.6 is 12.2 Å². The van der Waals surface area contributed by atoms with Gasteiger partial charge in [0.2, 0.25) is 11.8 Å². The molecule has 1 aliphatic rings. The number of likely N-dealkylation sites (tertiary alicyclic amines) is 1. The molecule has 1 fully saturated rings. The second-order valence-electron chi connectivity index (χ2n) is 5.76. The first-order valence-electron chi connectivity index (χ1n) is 7.74. The molecule has 0 aromatic carbocycles. The molecule has 1 saturated heterocycles. The number of thiocarbonyl (C=S) groups is 1. The smallest absolute Gasteiger partial charge is 0.224 e. The fourth-order valence-corrected chi connectivity index (χ4v) is 2.65. The molecule has 1 aliphatic heterocycles. The van der Waals surface area contributed by atoms with Gasteiger partial charge in [0.1, 0.15) is 0 Å². The summed E-state index contributed by atoms with van der Waals surface area (Å²) in [6.07, 6.45) is 4.68. The molecular formula is C15H27N3O2S. The van der Waals surface area contributed by atoms with Crippen molar-refractivity contribution in [1.82, 2.24) is 9.80 Å². The van der Waals surface area contributed by atoms with Gasteiger partial charge in [0.25, 0.3) is 0 Å². The van der Waals surface area contributed by atoms with Crippen molar-refractivity contribution in [2.45, 2.75) is 45.4 Å². The molecule has 1 heterocycles. The Bertz CT molecular complexity index is 387. The number of amides is 2. The van der Waals surface area contributed by atoms with E-state index >= 15 is 0 Å². The zero-order chi connectivity index (χ0) is 15.8. The van der Waals surface area contributed by atoms with Gasteiger partial charge in [0.15, 0.2) is 0 Å². The minimum atomic E-state index is 0.0374. The predicted octanol–water partition coefficient (Wildman–Crippen LogP) is 1.55. The van der Waals surface area contributed by atoms with Crippen LogP contribution < -0.4 is 5.73 Å². The summed E-state index contributed by atoms with van der Waals surface area (Å²) in [6, 6.07) is 0. The number of carbonyl (C=O) groups excluding carboxylic acids is 2. The van der Waals surface area contributed by atoms with Gasteiger partial charge in [-0.25, -0.2) is 0 Å². The molecule has 21 heavy (non-hydrogen) atoms. The largest absolute Gasteiger partial charge is 0.393 e. The summed E-state index contributed by atoms with van der Waals surface area (Å²) in [5.41, 5.74) is 5.43. The van der Waals surface area contributed by atoms with Gasteiger partial charge in [-0.05, 0) is 18.8 Å². The minimum Gasteiger partial charge on any atom is -0.393 e. The van der Waals surface area contributed by atoms with E-state index in [1.54, 1.807) is 11.9 Å². The van der Waals surface area contributed by atoms with Crippen LogP contribution in [0.5, 0.6) is 0 Å². The van der Waals surface area contributed by atoms with E-state index in [1.165, 1.54) is 0 Å². The molecule has 0 saturated carbocycles. The maximum absolute atomic E-state index is 12.0. The quantitative estimate of drug-likeness (QED) is 0.724. The van der Waals surface area contributed by atoms with Crippen LogP contribution in [0.15, 0.2) is 0 Å². The van der Waals surface area contributed by atoms with Crippen molar-refractivity contribution in [2.24, 2.45) is 11.7 Å². The molecule has 1 unspecified atom stereocenters. The van der Waals surface area contributed by atoms with Crippen LogP contribution in [0.25, 0.3) is 0 Å². The summed E-state index contributed by atoms with van der Waals surface area (Å²) >= 11 is 4.81. The summed E-state index contributed by atoms with van der Waals surface area (Å²) in [4.78, 5) is 28.0. The molecule has 0 radical (unpaired) electrons. The van der Waals surface area contributed by atoms with Crippen molar-refractivity contribution in [1.29, 1.82) is 0 Å². The van der Waals surface area contributed by atoms with E-state index in [9.17, 15) is 9.59 Å². The van der Waals surface area contributed by atoms with Gasteiger partial charge in [-0.1, -0.05) is 25.6 Å². The zero-order valence-electron chi connectivity index (χ0n) is 13.1. The highest BCUT2D eigenvalue weighted by atomic mass is 32.1. The van der Waals surface area contributed by atoms with Crippen molar-refractivity contribution >= 4 is 29.0 Å². The lowest BCUT2D eigenvalue weighted by molar-refractivity contribution is -0.133. The molecule has 0 aromatic heterocycles. The van der Waals surface area contributed by atoms with Crippen molar-refractivity contribution < 1.29 is 9.59 Å². The van der Waals surface area contributed by atoms with E-state index in [0.717, 1.165) is 25.8 Å². The van der Waals surface area contributed by atoms with Crippen LogP contribution in [-0.4, -0.2) is 53.3 Å². The van der Waals surface area contributed by atoms with Gasteiger partial charge in [-0.3, -0.25) is 9.59 Å². The monoisotopic (exact) mass is 313 g/mol. The molecule has 1 rings (SSSR count). The highest BCUT2D eigenvalue weighted by Crippen LogP contribution is 2.21. The Morgan fingerprint density at radius 1 is 1.43 bits per heavy atom. The number of hydrogen-bond donors (Lipinski definition) is 1. The third-order valence-electron chi connectivity index (χ3n) is 4.22. The van der Waals surface area contributed by atoms with E-state index in [2.05, 4.69) is 6.92 Å². The Morgan fingerprint density at radius 2 is 2.14 bits per heavy atom. The lowest BCUT2D eigenvalue weighted by Crippen LogP contribution is -2.36. The Balaban J connectivity index is 2.37.